The molecule has 0 aromatic rings. The fourth-order valence-corrected chi connectivity index (χ4v) is 3.23. The van der Waals surface area contributed by atoms with Crippen molar-refractivity contribution in [2.24, 2.45) is 5.41 Å². The van der Waals surface area contributed by atoms with Crippen molar-refractivity contribution in [3.8, 4) is 0 Å². The second kappa shape index (κ2) is 7.09. The van der Waals surface area contributed by atoms with E-state index in [0.717, 1.165) is 32.4 Å². The van der Waals surface area contributed by atoms with Crippen molar-refractivity contribution in [2.45, 2.75) is 25.3 Å². The summed E-state index contributed by atoms with van der Waals surface area (Å²) in [4.78, 5) is 26.0. The van der Waals surface area contributed by atoms with Crippen LogP contribution in [0.15, 0.2) is 0 Å². The maximum absolute atomic E-state index is 12.9. The fraction of sp³-hybridized carbons (Fsp3) is 0.857. The van der Waals surface area contributed by atoms with Crippen molar-refractivity contribution < 1.29 is 19.1 Å². The first kappa shape index (κ1) is 16.0. The summed E-state index contributed by atoms with van der Waals surface area (Å²) in [5.74, 6) is 0.153. The molecule has 7 heteroatoms. The minimum atomic E-state index is -0.442. The molecule has 0 aromatic carbocycles. The molecule has 0 bridgehead atoms. The molecular weight excluding hydrogens is 274 g/mol. The van der Waals surface area contributed by atoms with E-state index in [1.54, 1.807) is 7.11 Å². The van der Waals surface area contributed by atoms with E-state index < -0.39 is 11.5 Å². The Morgan fingerprint density at radius 1 is 1.33 bits per heavy atom. The molecule has 2 aliphatic heterocycles. The van der Waals surface area contributed by atoms with Gasteiger partial charge in [-0.25, -0.2) is 4.79 Å². The number of ether oxygens (including phenoxy) is 2. The summed E-state index contributed by atoms with van der Waals surface area (Å²) in [6, 6.07) is -0.0253. The summed E-state index contributed by atoms with van der Waals surface area (Å²) < 4.78 is 9.91. The number of amides is 2. The highest BCUT2D eigenvalue weighted by atomic mass is 16.5. The van der Waals surface area contributed by atoms with Crippen molar-refractivity contribution in [1.29, 1.82) is 0 Å². The summed E-state index contributed by atoms with van der Waals surface area (Å²) in [7, 11) is 2.98. The molecule has 0 radical (unpaired) electrons. The van der Waals surface area contributed by atoms with E-state index in [9.17, 15) is 9.59 Å². The molecule has 1 atom stereocenters. The Morgan fingerprint density at radius 2 is 2.05 bits per heavy atom. The van der Waals surface area contributed by atoms with Crippen molar-refractivity contribution in [3.63, 3.8) is 0 Å². The van der Waals surface area contributed by atoms with Crippen LogP contribution in [-0.4, -0.2) is 69.9 Å². The zero-order valence-electron chi connectivity index (χ0n) is 12.8. The van der Waals surface area contributed by atoms with Crippen LogP contribution in [0.2, 0.25) is 0 Å². The SMILES string of the molecule is COCC1(C(=O)N2CCC(NC(=O)OC)C2)CCNCC1. The molecule has 2 amide bonds. The normalized spacial score (nSPS) is 24.7. The number of carbonyl (C=O) groups excluding carboxylic acids is 2. The van der Waals surface area contributed by atoms with Gasteiger partial charge in [-0.2, -0.15) is 0 Å². The van der Waals surface area contributed by atoms with Crippen LogP contribution in [0.4, 0.5) is 4.79 Å². The van der Waals surface area contributed by atoms with Crippen molar-refractivity contribution in [1.82, 2.24) is 15.5 Å². The quantitative estimate of drug-likeness (QED) is 0.761. The van der Waals surface area contributed by atoms with Crippen molar-refractivity contribution in [2.75, 3.05) is 47.0 Å². The van der Waals surface area contributed by atoms with E-state index in [1.165, 1.54) is 7.11 Å². The van der Waals surface area contributed by atoms with E-state index in [0.29, 0.717) is 19.7 Å². The second-order valence-electron chi connectivity index (χ2n) is 5.84. The van der Waals surface area contributed by atoms with Crippen LogP contribution in [0, 0.1) is 5.41 Å². The number of piperidine rings is 1. The predicted octanol–water partition coefficient (Wildman–Crippen LogP) is -0.0405. The Bertz CT molecular complexity index is 377. The van der Waals surface area contributed by atoms with Gasteiger partial charge in [0.2, 0.25) is 5.91 Å². The van der Waals surface area contributed by atoms with Crippen LogP contribution in [0.3, 0.4) is 0 Å². The number of nitrogens with one attached hydrogen (secondary N) is 2. The number of methoxy groups -OCH3 is 2. The predicted molar refractivity (Wildman–Crippen MR) is 76.9 cm³/mol. The number of nitrogens with zero attached hydrogens (tertiary/aromatic N) is 1. The molecule has 21 heavy (non-hydrogen) atoms. The monoisotopic (exact) mass is 299 g/mol. The average molecular weight is 299 g/mol. The Labute approximate surface area is 125 Å². The molecule has 2 rings (SSSR count). The third kappa shape index (κ3) is 3.65. The topological polar surface area (TPSA) is 79.9 Å². The summed E-state index contributed by atoms with van der Waals surface area (Å²) in [5, 5.41) is 6.05. The van der Waals surface area contributed by atoms with Crippen LogP contribution in [0.1, 0.15) is 19.3 Å². The van der Waals surface area contributed by atoms with Gasteiger partial charge in [-0.1, -0.05) is 0 Å². The lowest BCUT2D eigenvalue weighted by molar-refractivity contribution is -0.146. The van der Waals surface area contributed by atoms with Gasteiger partial charge in [-0.05, 0) is 32.4 Å². The van der Waals surface area contributed by atoms with Gasteiger partial charge in [0.15, 0.2) is 0 Å². The van der Waals surface area contributed by atoms with Crippen LogP contribution >= 0.6 is 0 Å². The standard InChI is InChI=1S/C14H25N3O4/c1-20-10-14(4-6-15-7-5-14)12(18)17-8-3-11(9-17)16-13(19)21-2/h11,15H,3-10H2,1-2H3,(H,16,19). The summed E-state index contributed by atoms with van der Waals surface area (Å²) in [6.45, 7) is 3.36. The fourth-order valence-electron chi connectivity index (χ4n) is 3.23. The Hall–Kier alpha value is -1.34. The molecule has 2 aliphatic rings. The molecule has 2 heterocycles. The molecule has 7 nitrogen and oxygen atoms in total. The van der Waals surface area contributed by atoms with Gasteiger partial charge in [0.1, 0.15) is 0 Å². The molecule has 0 aliphatic carbocycles. The van der Waals surface area contributed by atoms with E-state index in [2.05, 4.69) is 15.4 Å². The highest BCUT2D eigenvalue weighted by molar-refractivity contribution is 5.83. The van der Waals surface area contributed by atoms with E-state index in [-0.39, 0.29) is 11.9 Å². The molecule has 0 aromatic heterocycles. The number of carbonyl (C=O) groups is 2. The molecular formula is C14H25N3O4. The third-order valence-electron chi connectivity index (χ3n) is 4.42. The van der Waals surface area contributed by atoms with Crippen LogP contribution in [0.5, 0.6) is 0 Å². The molecule has 120 valence electrons. The molecule has 1 unspecified atom stereocenters. The number of rotatable bonds is 4. The van der Waals surface area contributed by atoms with Crippen LogP contribution < -0.4 is 10.6 Å². The Balaban J connectivity index is 1.97. The lowest BCUT2D eigenvalue weighted by Gasteiger charge is -2.38. The van der Waals surface area contributed by atoms with Gasteiger partial charge in [0.05, 0.1) is 25.2 Å². The number of hydrogen-bond donors (Lipinski definition) is 2. The minimum Gasteiger partial charge on any atom is -0.453 e. The van der Waals surface area contributed by atoms with Gasteiger partial charge >= 0.3 is 6.09 Å². The lowest BCUT2D eigenvalue weighted by atomic mass is 9.78. The second-order valence-corrected chi connectivity index (χ2v) is 5.84. The minimum absolute atomic E-state index is 0.0253. The molecule has 0 spiro atoms. The maximum atomic E-state index is 12.9. The highest BCUT2D eigenvalue weighted by Gasteiger charge is 2.44. The first-order valence-electron chi connectivity index (χ1n) is 7.45. The summed E-state index contributed by atoms with van der Waals surface area (Å²) in [6.07, 6.45) is 1.92. The summed E-state index contributed by atoms with van der Waals surface area (Å²) >= 11 is 0. The van der Waals surface area contributed by atoms with E-state index >= 15 is 0 Å². The first-order valence-corrected chi connectivity index (χ1v) is 7.45. The number of hydrogen-bond acceptors (Lipinski definition) is 5. The molecule has 2 fully saturated rings. The lowest BCUT2D eigenvalue weighted by Crippen LogP contribution is -2.51. The zero-order chi connectivity index (χ0) is 15.3. The maximum Gasteiger partial charge on any atom is 0.407 e. The molecule has 2 saturated heterocycles. The summed E-state index contributed by atoms with van der Waals surface area (Å²) in [5.41, 5.74) is -0.417. The van der Waals surface area contributed by atoms with Crippen LogP contribution in [0.25, 0.3) is 0 Å². The largest absolute Gasteiger partial charge is 0.453 e. The van der Waals surface area contributed by atoms with Gasteiger partial charge in [0, 0.05) is 20.2 Å². The van der Waals surface area contributed by atoms with Gasteiger partial charge in [-0.15, -0.1) is 0 Å². The smallest absolute Gasteiger partial charge is 0.407 e. The molecule has 0 saturated carbocycles. The average Bonchev–Trinajstić information content (AvgIpc) is 2.96. The van der Waals surface area contributed by atoms with E-state index in [4.69, 9.17) is 4.74 Å². The van der Waals surface area contributed by atoms with Crippen molar-refractivity contribution >= 4 is 12.0 Å². The highest BCUT2D eigenvalue weighted by Crippen LogP contribution is 2.32. The Morgan fingerprint density at radius 3 is 2.67 bits per heavy atom. The molecule has 2 N–H and O–H groups in total. The Kier molecular flexibility index (Phi) is 5.41. The third-order valence-corrected chi connectivity index (χ3v) is 4.42. The van der Waals surface area contributed by atoms with Gasteiger partial charge in [0.25, 0.3) is 0 Å². The zero-order valence-corrected chi connectivity index (χ0v) is 12.8. The van der Waals surface area contributed by atoms with Crippen LogP contribution in [-0.2, 0) is 14.3 Å². The first-order chi connectivity index (χ1) is 10.1. The van der Waals surface area contributed by atoms with Crippen molar-refractivity contribution in [3.05, 3.63) is 0 Å². The van der Waals surface area contributed by atoms with Gasteiger partial charge < -0.3 is 25.0 Å². The number of likely N-dealkylation sites (tertiary alicyclic amines) is 1. The van der Waals surface area contributed by atoms with Gasteiger partial charge in [-0.3, -0.25) is 4.79 Å². The number of alkyl carbamates (subject to hydrolysis) is 1. The van der Waals surface area contributed by atoms with E-state index in [1.807, 2.05) is 4.90 Å².